The largest absolute Gasteiger partial charge is 0.481 e. The Morgan fingerprint density at radius 1 is 1.30 bits per heavy atom. The van der Waals surface area contributed by atoms with Crippen LogP contribution in [-0.2, 0) is 4.79 Å². The number of halogens is 2. The van der Waals surface area contributed by atoms with Crippen LogP contribution in [0.1, 0.15) is 36.0 Å². The van der Waals surface area contributed by atoms with Gasteiger partial charge in [0.05, 0.1) is 22.0 Å². The lowest BCUT2D eigenvalue weighted by molar-refractivity contribution is -0.141. The smallest absolute Gasteiger partial charge is 0.303 e. The Balaban J connectivity index is 2.01. The highest BCUT2D eigenvalue weighted by atomic mass is 35.5. The molecule has 108 valence electrons. The van der Waals surface area contributed by atoms with Gasteiger partial charge in [-0.25, -0.2) is 0 Å². The van der Waals surface area contributed by atoms with Crippen LogP contribution in [0, 0.1) is 5.41 Å². The minimum Gasteiger partial charge on any atom is -0.481 e. The molecular formula is C14H15Cl2NO3. The van der Waals surface area contributed by atoms with Crippen molar-refractivity contribution in [3.8, 4) is 0 Å². The highest BCUT2D eigenvalue weighted by Gasteiger charge is 2.39. The zero-order valence-electron chi connectivity index (χ0n) is 10.8. The summed E-state index contributed by atoms with van der Waals surface area (Å²) in [5.74, 6) is -1.16. The van der Waals surface area contributed by atoms with Crippen molar-refractivity contribution in [1.82, 2.24) is 5.32 Å². The first kappa shape index (κ1) is 15.1. The van der Waals surface area contributed by atoms with Gasteiger partial charge in [0.15, 0.2) is 0 Å². The minimum atomic E-state index is -0.834. The first-order chi connectivity index (χ1) is 9.43. The molecule has 1 aromatic carbocycles. The van der Waals surface area contributed by atoms with E-state index < -0.39 is 5.97 Å². The zero-order valence-corrected chi connectivity index (χ0v) is 12.3. The van der Waals surface area contributed by atoms with E-state index in [-0.39, 0.29) is 22.8 Å². The van der Waals surface area contributed by atoms with E-state index in [4.69, 9.17) is 28.3 Å². The molecule has 1 fully saturated rings. The Bertz CT molecular complexity index is 541. The van der Waals surface area contributed by atoms with E-state index in [0.29, 0.717) is 17.1 Å². The van der Waals surface area contributed by atoms with Crippen molar-refractivity contribution in [2.24, 2.45) is 5.41 Å². The summed E-state index contributed by atoms with van der Waals surface area (Å²) < 4.78 is 0. The number of rotatable bonds is 5. The summed E-state index contributed by atoms with van der Waals surface area (Å²) >= 11 is 11.8. The Kier molecular flexibility index (Phi) is 4.55. The standard InChI is InChI=1S/C14H15Cl2NO3/c15-10-4-1-3-9(12(10)16)13(20)17-8-14(5-2-6-14)7-11(18)19/h1,3-4H,2,5-8H2,(H,17,20)(H,18,19). The fourth-order valence-electron chi connectivity index (χ4n) is 2.46. The van der Waals surface area contributed by atoms with Gasteiger partial charge in [-0.1, -0.05) is 35.7 Å². The van der Waals surface area contributed by atoms with Gasteiger partial charge in [0.25, 0.3) is 5.91 Å². The molecule has 0 unspecified atom stereocenters. The highest BCUT2D eigenvalue weighted by Crippen LogP contribution is 2.43. The average Bonchev–Trinajstić information content (AvgIpc) is 2.35. The molecule has 0 heterocycles. The van der Waals surface area contributed by atoms with E-state index in [0.717, 1.165) is 19.3 Å². The summed E-state index contributed by atoms with van der Waals surface area (Å²) in [4.78, 5) is 23.0. The molecule has 0 radical (unpaired) electrons. The molecule has 1 aromatic rings. The normalized spacial score (nSPS) is 16.3. The van der Waals surface area contributed by atoms with Gasteiger partial charge in [0, 0.05) is 6.54 Å². The van der Waals surface area contributed by atoms with Crippen molar-refractivity contribution in [3.63, 3.8) is 0 Å². The van der Waals surface area contributed by atoms with E-state index in [1.165, 1.54) is 0 Å². The van der Waals surface area contributed by atoms with Gasteiger partial charge >= 0.3 is 5.97 Å². The molecule has 4 nitrogen and oxygen atoms in total. The highest BCUT2D eigenvalue weighted by molar-refractivity contribution is 6.43. The van der Waals surface area contributed by atoms with Crippen LogP contribution in [0.3, 0.4) is 0 Å². The predicted octanol–water partition coefficient (Wildman–Crippen LogP) is 3.37. The molecule has 20 heavy (non-hydrogen) atoms. The number of nitrogens with one attached hydrogen (secondary N) is 1. The lowest BCUT2D eigenvalue weighted by atomic mass is 9.66. The first-order valence-corrected chi connectivity index (χ1v) is 7.13. The van der Waals surface area contributed by atoms with Crippen molar-refractivity contribution in [2.45, 2.75) is 25.7 Å². The van der Waals surface area contributed by atoms with E-state index in [1.807, 2.05) is 0 Å². The van der Waals surface area contributed by atoms with Crippen molar-refractivity contribution >= 4 is 35.1 Å². The van der Waals surface area contributed by atoms with E-state index in [2.05, 4.69) is 5.32 Å². The molecule has 2 rings (SSSR count). The van der Waals surface area contributed by atoms with Crippen LogP contribution in [0.2, 0.25) is 10.0 Å². The maximum absolute atomic E-state index is 12.1. The number of hydrogen-bond acceptors (Lipinski definition) is 2. The molecule has 0 atom stereocenters. The number of carboxylic acid groups (broad SMARTS) is 1. The lowest BCUT2D eigenvalue weighted by Gasteiger charge is -2.40. The van der Waals surface area contributed by atoms with E-state index in [1.54, 1.807) is 18.2 Å². The van der Waals surface area contributed by atoms with Crippen LogP contribution >= 0.6 is 23.2 Å². The molecule has 1 aliphatic rings. The number of amides is 1. The monoisotopic (exact) mass is 315 g/mol. The molecule has 0 aliphatic heterocycles. The van der Waals surface area contributed by atoms with Gasteiger partial charge in [0.2, 0.25) is 0 Å². The van der Waals surface area contributed by atoms with Gasteiger partial charge in [-0.3, -0.25) is 9.59 Å². The van der Waals surface area contributed by atoms with Crippen molar-refractivity contribution in [3.05, 3.63) is 33.8 Å². The Morgan fingerprint density at radius 3 is 2.55 bits per heavy atom. The third-order valence-electron chi connectivity index (χ3n) is 3.76. The summed E-state index contributed by atoms with van der Waals surface area (Å²) in [6.45, 7) is 0.348. The van der Waals surface area contributed by atoms with Gasteiger partial charge in [-0.15, -0.1) is 0 Å². The fraction of sp³-hybridized carbons (Fsp3) is 0.429. The SMILES string of the molecule is O=C(O)CC1(CNC(=O)c2cccc(Cl)c2Cl)CCC1. The maximum Gasteiger partial charge on any atom is 0.303 e. The second-order valence-electron chi connectivity index (χ2n) is 5.21. The van der Waals surface area contributed by atoms with Crippen LogP contribution in [0.5, 0.6) is 0 Å². The average molecular weight is 316 g/mol. The van der Waals surface area contributed by atoms with Crippen LogP contribution in [0.15, 0.2) is 18.2 Å². The second-order valence-corrected chi connectivity index (χ2v) is 5.99. The second kappa shape index (κ2) is 6.02. The molecule has 0 aromatic heterocycles. The number of carbonyl (C=O) groups excluding carboxylic acids is 1. The summed E-state index contributed by atoms with van der Waals surface area (Å²) in [5.41, 5.74) is -0.00372. The summed E-state index contributed by atoms with van der Waals surface area (Å²) in [6, 6.07) is 4.85. The molecule has 2 N–H and O–H groups in total. The molecule has 0 saturated heterocycles. The molecule has 0 bridgehead atoms. The van der Waals surface area contributed by atoms with Crippen LogP contribution < -0.4 is 5.32 Å². The third kappa shape index (κ3) is 3.25. The summed E-state index contributed by atoms with van der Waals surface area (Å²) in [6.07, 6.45) is 2.73. The van der Waals surface area contributed by atoms with Crippen LogP contribution in [-0.4, -0.2) is 23.5 Å². The molecule has 1 saturated carbocycles. The van der Waals surface area contributed by atoms with Gasteiger partial charge < -0.3 is 10.4 Å². The van der Waals surface area contributed by atoms with Gasteiger partial charge in [0.1, 0.15) is 0 Å². The maximum atomic E-state index is 12.1. The van der Waals surface area contributed by atoms with E-state index in [9.17, 15) is 9.59 Å². The number of hydrogen-bond donors (Lipinski definition) is 2. The summed E-state index contributed by atoms with van der Waals surface area (Å²) in [5, 5.41) is 12.2. The third-order valence-corrected chi connectivity index (χ3v) is 4.58. The Labute approximate surface area is 127 Å². The van der Waals surface area contributed by atoms with Crippen molar-refractivity contribution < 1.29 is 14.7 Å². The Morgan fingerprint density at radius 2 is 2.00 bits per heavy atom. The van der Waals surface area contributed by atoms with Crippen LogP contribution in [0.25, 0.3) is 0 Å². The number of aliphatic carboxylic acids is 1. The lowest BCUT2D eigenvalue weighted by Crippen LogP contribution is -2.43. The summed E-state index contributed by atoms with van der Waals surface area (Å²) in [7, 11) is 0. The molecule has 1 aliphatic carbocycles. The molecule has 1 amide bonds. The topological polar surface area (TPSA) is 66.4 Å². The van der Waals surface area contributed by atoms with Crippen LogP contribution in [0.4, 0.5) is 0 Å². The van der Waals surface area contributed by atoms with E-state index >= 15 is 0 Å². The molecule has 0 spiro atoms. The Hall–Kier alpha value is -1.26. The minimum absolute atomic E-state index is 0.0799. The number of benzene rings is 1. The number of carboxylic acids is 1. The molecular weight excluding hydrogens is 301 g/mol. The van der Waals surface area contributed by atoms with Crippen molar-refractivity contribution in [2.75, 3.05) is 6.54 Å². The van der Waals surface area contributed by atoms with Gasteiger partial charge in [-0.2, -0.15) is 0 Å². The first-order valence-electron chi connectivity index (χ1n) is 6.38. The predicted molar refractivity (Wildman–Crippen MR) is 77.3 cm³/mol. The van der Waals surface area contributed by atoms with Gasteiger partial charge in [-0.05, 0) is 30.4 Å². The molecule has 6 heteroatoms. The zero-order chi connectivity index (χ0) is 14.8. The van der Waals surface area contributed by atoms with Crippen molar-refractivity contribution in [1.29, 1.82) is 0 Å². The quantitative estimate of drug-likeness (QED) is 0.875. The number of carbonyl (C=O) groups is 2. The fourth-order valence-corrected chi connectivity index (χ4v) is 2.84.